The van der Waals surface area contributed by atoms with E-state index < -0.39 is 5.97 Å². The molecule has 15 heavy (non-hydrogen) atoms. The SMILES string of the molecule is CC(CCSSc1ccccn1)C(=O)O. The zero-order chi connectivity index (χ0) is 11.1. The molecular weight excluding hydrogens is 230 g/mol. The molecule has 0 fully saturated rings. The molecule has 1 atom stereocenters. The Morgan fingerprint density at radius 1 is 1.60 bits per heavy atom. The summed E-state index contributed by atoms with van der Waals surface area (Å²) < 4.78 is 0. The van der Waals surface area contributed by atoms with Crippen molar-refractivity contribution in [3.05, 3.63) is 24.4 Å². The average Bonchev–Trinajstić information content (AvgIpc) is 2.25. The molecule has 1 aromatic rings. The van der Waals surface area contributed by atoms with Crippen molar-refractivity contribution in [2.45, 2.75) is 18.4 Å². The molecule has 1 unspecified atom stereocenters. The fourth-order valence-corrected chi connectivity index (χ4v) is 2.94. The van der Waals surface area contributed by atoms with E-state index in [2.05, 4.69) is 4.98 Å². The van der Waals surface area contributed by atoms with E-state index in [1.54, 1.807) is 34.7 Å². The van der Waals surface area contributed by atoms with Gasteiger partial charge in [-0.3, -0.25) is 4.79 Å². The lowest BCUT2D eigenvalue weighted by Crippen LogP contribution is -2.09. The van der Waals surface area contributed by atoms with Crippen LogP contribution in [-0.4, -0.2) is 21.8 Å². The second kappa shape index (κ2) is 6.74. The first kappa shape index (κ1) is 12.4. The van der Waals surface area contributed by atoms with Crippen molar-refractivity contribution >= 4 is 27.6 Å². The molecule has 82 valence electrons. The minimum Gasteiger partial charge on any atom is -0.481 e. The Bertz CT molecular complexity index is 306. The Morgan fingerprint density at radius 3 is 3.00 bits per heavy atom. The first-order valence-corrected chi connectivity index (χ1v) is 6.95. The van der Waals surface area contributed by atoms with Gasteiger partial charge in [0.15, 0.2) is 0 Å². The molecule has 0 saturated carbocycles. The molecule has 0 aliphatic carbocycles. The van der Waals surface area contributed by atoms with Gasteiger partial charge in [0.2, 0.25) is 0 Å². The van der Waals surface area contributed by atoms with Gasteiger partial charge in [-0.2, -0.15) is 0 Å². The molecule has 1 aromatic heterocycles. The van der Waals surface area contributed by atoms with Crippen molar-refractivity contribution in [2.24, 2.45) is 5.92 Å². The van der Waals surface area contributed by atoms with E-state index in [0.29, 0.717) is 6.42 Å². The van der Waals surface area contributed by atoms with Crippen LogP contribution in [0.3, 0.4) is 0 Å². The van der Waals surface area contributed by atoms with Gasteiger partial charge in [0.05, 0.1) is 5.92 Å². The molecule has 1 heterocycles. The van der Waals surface area contributed by atoms with Crippen LogP contribution in [0, 0.1) is 5.92 Å². The average molecular weight is 243 g/mol. The number of rotatable bonds is 6. The fraction of sp³-hybridized carbons (Fsp3) is 0.400. The number of carboxylic acids is 1. The fourth-order valence-electron chi connectivity index (χ4n) is 0.847. The van der Waals surface area contributed by atoms with Gasteiger partial charge in [-0.1, -0.05) is 23.8 Å². The number of hydrogen-bond acceptors (Lipinski definition) is 4. The second-order valence-electron chi connectivity index (χ2n) is 3.10. The van der Waals surface area contributed by atoms with Crippen LogP contribution in [0.2, 0.25) is 0 Å². The quantitative estimate of drug-likeness (QED) is 0.615. The molecule has 1 N–H and O–H groups in total. The highest BCUT2D eigenvalue weighted by Gasteiger charge is 2.09. The van der Waals surface area contributed by atoms with Crippen LogP contribution in [0.15, 0.2) is 29.4 Å². The standard InChI is InChI=1S/C10H13NO2S2/c1-8(10(12)13)5-7-14-15-9-4-2-3-6-11-9/h2-4,6,8H,5,7H2,1H3,(H,12,13). The van der Waals surface area contributed by atoms with Gasteiger partial charge in [-0.15, -0.1) is 0 Å². The maximum atomic E-state index is 10.5. The van der Waals surface area contributed by atoms with Crippen LogP contribution in [0.25, 0.3) is 0 Å². The summed E-state index contributed by atoms with van der Waals surface area (Å²) in [6.07, 6.45) is 2.45. The topological polar surface area (TPSA) is 50.2 Å². The molecule has 0 saturated heterocycles. The number of hydrogen-bond donors (Lipinski definition) is 1. The predicted molar refractivity (Wildman–Crippen MR) is 64.0 cm³/mol. The number of aromatic nitrogens is 1. The van der Waals surface area contributed by atoms with Crippen molar-refractivity contribution in [3.8, 4) is 0 Å². The Morgan fingerprint density at radius 2 is 2.40 bits per heavy atom. The molecular formula is C10H13NO2S2. The summed E-state index contributed by atoms with van der Waals surface area (Å²) in [6.45, 7) is 1.73. The highest BCUT2D eigenvalue weighted by Crippen LogP contribution is 2.30. The lowest BCUT2D eigenvalue weighted by molar-refractivity contribution is -0.141. The third kappa shape index (κ3) is 5.09. The third-order valence-corrected chi connectivity index (χ3v) is 4.14. The molecule has 3 nitrogen and oxygen atoms in total. The summed E-state index contributed by atoms with van der Waals surface area (Å²) in [5, 5.41) is 9.63. The maximum Gasteiger partial charge on any atom is 0.306 e. The van der Waals surface area contributed by atoms with Crippen molar-refractivity contribution in [3.63, 3.8) is 0 Å². The lowest BCUT2D eigenvalue weighted by Gasteiger charge is -2.04. The van der Waals surface area contributed by atoms with Crippen molar-refractivity contribution in [1.29, 1.82) is 0 Å². The van der Waals surface area contributed by atoms with Gasteiger partial charge in [-0.05, 0) is 29.3 Å². The van der Waals surface area contributed by atoms with E-state index in [1.807, 2.05) is 18.2 Å². The van der Waals surface area contributed by atoms with Gasteiger partial charge in [-0.25, -0.2) is 4.98 Å². The highest BCUT2D eigenvalue weighted by molar-refractivity contribution is 8.76. The van der Waals surface area contributed by atoms with Gasteiger partial charge in [0.25, 0.3) is 0 Å². The Kier molecular flexibility index (Phi) is 5.57. The molecule has 1 rings (SSSR count). The Labute approximate surface area is 97.1 Å². The molecule has 0 spiro atoms. The molecule has 0 aromatic carbocycles. The van der Waals surface area contributed by atoms with Crippen LogP contribution >= 0.6 is 21.6 Å². The summed E-state index contributed by atoms with van der Waals surface area (Å²) in [5.41, 5.74) is 0. The smallest absolute Gasteiger partial charge is 0.306 e. The second-order valence-corrected chi connectivity index (χ2v) is 5.54. The summed E-state index contributed by atoms with van der Waals surface area (Å²) in [6, 6.07) is 5.76. The molecule has 0 aliphatic rings. The highest BCUT2D eigenvalue weighted by atomic mass is 33.1. The summed E-state index contributed by atoms with van der Waals surface area (Å²) in [4.78, 5) is 14.7. The monoisotopic (exact) mass is 243 g/mol. The number of nitrogens with zero attached hydrogens (tertiary/aromatic N) is 1. The number of aliphatic carboxylic acids is 1. The molecule has 5 heteroatoms. The zero-order valence-electron chi connectivity index (χ0n) is 8.42. The molecule has 0 aliphatic heterocycles. The van der Waals surface area contributed by atoms with Crippen molar-refractivity contribution in [1.82, 2.24) is 4.98 Å². The van der Waals surface area contributed by atoms with Gasteiger partial charge >= 0.3 is 5.97 Å². The minimum atomic E-state index is -0.724. The van der Waals surface area contributed by atoms with Gasteiger partial charge < -0.3 is 5.11 Å². The van der Waals surface area contributed by atoms with E-state index in [1.165, 1.54) is 0 Å². The number of carbonyl (C=O) groups is 1. The first-order chi connectivity index (χ1) is 7.20. The van der Waals surface area contributed by atoms with Crippen LogP contribution in [-0.2, 0) is 4.79 Å². The Hall–Kier alpha value is -0.680. The molecule has 0 bridgehead atoms. The van der Waals surface area contributed by atoms with E-state index in [0.717, 1.165) is 10.8 Å². The minimum absolute atomic E-state index is 0.262. The maximum absolute atomic E-state index is 10.5. The van der Waals surface area contributed by atoms with E-state index in [4.69, 9.17) is 5.11 Å². The number of carboxylic acid groups (broad SMARTS) is 1. The van der Waals surface area contributed by atoms with Gasteiger partial charge in [0.1, 0.15) is 5.03 Å². The van der Waals surface area contributed by atoms with E-state index in [9.17, 15) is 4.79 Å². The van der Waals surface area contributed by atoms with Crippen LogP contribution < -0.4 is 0 Å². The van der Waals surface area contributed by atoms with Crippen LogP contribution in [0.1, 0.15) is 13.3 Å². The third-order valence-electron chi connectivity index (χ3n) is 1.84. The van der Waals surface area contributed by atoms with Crippen LogP contribution in [0.5, 0.6) is 0 Å². The largest absolute Gasteiger partial charge is 0.481 e. The molecule has 0 radical (unpaired) electrons. The van der Waals surface area contributed by atoms with Crippen molar-refractivity contribution in [2.75, 3.05) is 5.75 Å². The van der Waals surface area contributed by atoms with E-state index >= 15 is 0 Å². The van der Waals surface area contributed by atoms with Crippen molar-refractivity contribution < 1.29 is 9.90 Å². The van der Waals surface area contributed by atoms with Gasteiger partial charge in [0, 0.05) is 11.9 Å². The number of pyridine rings is 1. The summed E-state index contributed by atoms with van der Waals surface area (Å²) in [7, 11) is 3.23. The van der Waals surface area contributed by atoms with E-state index in [-0.39, 0.29) is 5.92 Å². The molecule has 0 amide bonds. The zero-order valence-corrected chi connectivity index (χ0v) is 10.1. The van der Waals surface area contributed by atoms with Crippen LogP contribution in [0.4, 0.5) is 0 Å². The normalized spacial score (nSPS) is 12.3. The summed E-state index contributed by atoms with van der Waals surface area (Å²) >= 11 is 0. The predicted octanol–water partition coefficient (Wildman–Crippen LogP) is 2.93. The first-order valence-electron chi connectivity index (χ1n) is 4.63. The Balaban J connectivity index is 2.15. The lowest BCUT2D eigenvalue weighted by atomic mass is 10.1. The summed E-state index contributed by atoms with van der Waals surface area (Å²) in [5.74, 6) is -0.158.